The molecule has 0 aliphatic rings. The van der Waals surface area contributed by atoms with E-state index in [0.717, 1.165) is 5.56 Å². The molecule has 0 aliphatic carbocycles. The highest BCUT2D eigenvalue weighted by Gasteiger charge is 2.07. The molecule has 6 nitrogen and oxygen atoms in total. The lowest BCUT2D eigenvalue weighted by molar-refractivity contribution is 0.0954. The van der Waals surface area contributed by atoms with E-state index in [1.807, 2.05) is 13.0 Å². The molecule has 100 valence electrons. The van der Waals surface area contributed by atoms with Crippen LogP contribution in [0.15, 0.2) is 22.7 Å². The van der Waals surface area contributed by atoms with E-state index in [2.05, 4.69) is 15.5 Å². The Labute approximate surface area is 111 Å². The van der Waals surface area contributed by atoms with Crippen molar-refractivity contribution in [3.63, 3.8) is 0 Å². The summed E-state index contributed by atoms with van der Waals surface area (Å²) in [5.41, 5.74) is 7.89. The van der Waals surface area contributed by atoms with Crippen LogP contribution in [0, 0.1) is 13.8 Å². The van der Waals surface area contributed by atoms with Gasteiger partial charge in [-0.1, -0.05) is 11.2 Å². The van der Waals surface area contributed by atoms with Gasteiger partial charge in [0.25, 0.3) is 5.91 Å². The van der Waals surface area contributed by atoms with Crippen LogP contribution in [0.5, 0.6) is 0 Å². The predicted molar refractivity (Wildman–Crippen MR) is 70.7 cm³/mol. The fourth-order valence-corrected chi connectivity index (χ4v) is 1.61. The maximum absolute atomic E-state index is 11.9. The number of carbonyl (C=O) groups excluding carboxylic acids is 1. The minimum Gasteiger partial charge on any atom is -0.398 e. The highest BCUT2D eigenvalue weighted by atomic mass is 16.5. The summed E-state index contributed by atoms with van der Waals surface area (Å²) in [5.74, 6) is 0.945. The lowest BCUT2D eigenvalue weighted by Crippen LogP contribution is -2.26. The Morgan fingerprint density at radius 3 is 2.84 bits per heavy atom. The van der Waals surface area contributed by atoms with Crippen molar-refractivity contribution < 1.29 is 9.32 Å². The van der Waals surface area contributed by atoms with E-state index in [4.69, 9.17) is 10.3 Å². The molecule has 3 N–H and O–H groups in total. The molecule has 0 unspecified atom stereocenters. The molecule has 6 heteroatoms. The van der Waals surface area contributed by atoms with Gasteiger partial charge >= 0.3 is 0 Å². The standard InChI is InChI=1S/C13H16N4O2/c1-8-3-4-10(7-11(8)14)13(18)15-6-5-12-16-9(2)19-17-12/h3-4,7H,5-6,14H2,1-2H3,(H,15,18). The first kappa shape index (κ1) is 13.1. The molecule has 2 rings (SSSR count). The minimum atomic E-state index is -0.160. The third-order valence-electron chi connectivity index (χ3n) is 2.75. The largest absolute Gasteiger partial charge is 0.398 e. The third-order valence-corrected chi connectivity index (χ3v) is 2.75. The minimum absolute atomic E-state index is 0.160. The number of nitrogens with two attached hydrogens (primary N) is 1. The third kappa shape index (κ3) is 3.31. The van der Waals surface area contributed by atoms with Gasteiger partial charge in [0.05, 0.1) is 0 Å². The molecule has 0 radical (unpaired) electrons. The molecule has 0 spiro atoms. The summed E-state index contributed by atoms with van der Waals surface area (Å²) in [7, 11) is 0. The van der Waals surface area contributed by atoms with Gasteiger partial charge in [-0.15, -0.1) is 0 Å². The first-order chi connectivity index (χ1) is 9.06. The molecule has 0 saturated heterocycles. The second kappa shape index (κ2) is 5.51. The Balaban J connectivity index is 1.89. The van der Waals surface area contributed by atoms with Gasteiger partial charge in [-0.2, -0.15) is 4.98 Å². The van der Waals surface area contributed by atoms with Crippen molar-refractivity contribution in [3.05, 3.63) is 41.0 Å². The van der Waals surface area contributed by atoms with E-state index in [-0.39, 0.29) is 5.91 Å². The van der Waals surface area contributed by atoms with Gasteiger partial charge in [-0.3, -0.25) is 4.79 Å². The molecule has 0 bridgehead atoms. The Hall–Kier alpha value is -2.37. The molecule has 0 atom stereocenters. The first-order valence-corrected chi connectivity index (χ1v) is 6.00. The number of hydrogen-bond donors (Lipinski definition) is 2. The first-order valence-electron chi connectivity index (χ1n) is 6.00. The number of nitrogens with one attached hydrogen (secondary N) is 1. The zero-order chi connectivity index (χ0) is 13.8. The second-order valence-corrected chi connectivity index (χ2v) is 4.31. The summed E-state index contributed by atoms with van der Waals surface area (Å²) < 4.78 is 4.85. The monoisotopic (exact) mass is 260 g/mol. The van der Waals surface area contributed by atoms with Crippen molar-refractivity contribution in [1.29, 1.82) is 0 Å². The van der Waals surface area contributed by atoms with Gasteiger partial charge in [-0.05, 0) is 24.6 Å². The maximum atomic E-state index is 11.9. The normalized spacial score (nSPS) is 10.4. The quantitative estimate of drug-likeness (QED) is 0.807. The van der Waals surface area contributed by atoms with Gasteiger partial charge in [0.2, 0.25) is 5.89 Å². The number of nitrogen functional groups attached to an aromatic ring is 1. The van der Waals surface area contributed by atoms with Crippen molar-refractivity contribution in [2.75, 3.05) is 12.3 Å². The Morgan fingerprint density at radius 2 is 2.21 bits per heavy atom. The Morgan fingerprint density at radius 1 is 1.42 bits per heavy atom. The number of carbonyl (C=O) groups is 1. The SMILES string of the molecule is Cc1nc(CCNC(=O)c2ccc(C)c(N)c2)no1. The lowest BCUT2D eigenvalue weighted by Gasteiger charge is -2.06. The molecule has 0 fully saturated rings. The molecule has 19 heavy (non-hydrogen) atoms. The van der Waals surface area contributed by atoms with Gasteiger partial charge in [0, 0.05) is 31.1 Å². The number of rotatable bonds is 4. The molecule has 1 heterocycles. The highest BCUT2D eigenvalue weighted by molar-refractivity contribution is 5.95. The summed E-state index contributed by atoms with van der Waals surface area (Å²) in [6.45, 7) is 4.07. The van der Waals surface area contributed by atoms with Crippen LogP contribution in [0.1, 0.15) is 27.6 Å². The van der Waals surface area contributed by atoms with Crippen LogP contribution in [-0.2, 0) is 6.42 Å². The van der Waals surface area contributed by atoms with E-state index in [0.29, 0.717) is 35.9 Å². The van der Waals surface area contributed by atoms with Crippen LogP contribution >= 0.6 is 0 Å². The van der Waals surface area contributed by atoms with Crippen LogP contribution in [0.3, 0.4) is 0 Å². The summed E-state index contributed by atoms with van der Waals surface area (Å²) in [4.78, 5) is 15.9. The maximum Gasteiger partial charge on any atom is 0.251 e. The van der Waals surface area contributed by atoms with Crippen molar-refractivity contribution in [2.24, 2.45) is 0 Å². The van der Waals surface area contributed by atoms with Gasteiger partial charge in [0.15, 0.2) is 5.82 Å². The molecule has 0 saturated carbocycles. The average Bonchev–Trinajstić information content (AvgIpc) is 2.78. The fourth-order valence-electron chi connectivity index (χ4n) is 1.61. The van der Waals surface area contributed by atoms with Crippen molar-refractivity contribution >= 4 is 11.6 Å². The van der Waals surface area contributed by atoms with Crippen LogP contribution in [0.2, 0.25) is 0 Å². The summed E-state index contributed by atoms with van der Waals surface area (Å²) in [6.07, 6.45) is 0.532. The number of nitrogens with zero attached hydrogens (tertiary/aromatic N) is 2. The number of aryl methyl sites for hydroxylation is 2. The van der Waals surface area contributed by atoms with Crippen molar-refractivity contribution in [3.8, 4) is 0 Å². The Kier molecular flexibility index (Phi) is 3.79. The highest BCUT2D eigenvalue weighted by Crippen LogP contribution is 2.12. The lowest BCUT2D eigenvalue weighted by atomic mass is 10.1. The van der Waals surface area contributed by atoms with E-state index < -0.39 is 0 Å². The van der Waals surface area contributed by atoms with Crippen LogP contribution in [-0.4, -0.2) is 22.6 Å². The van der Waals surface area contributed by atoms with E-state index in [1.54, 1.807) is 19.1 Å². The molecule has 0 aliphatic heterocycles. The number of aromatic nitrogens is 2. The van der Waals surface area contributed by atoms with E-state index in [1.165, 1.54) is 0 Å². The molecule has 1 amide bonds. The van der Waals surface area contributed by atoms with E-state index in [9.17, 15) is 4.79 Å². The summed E-state index contributed by atoms with van der Waals surface area (Å²) >= 11 is 0. The number of hydrogen-bond acceptors (Lipinski definition) is 5. The van der Waals surface area contributed by atoms with Gasteiger partial charge in [-0.25, -0.2) is 0 Å². The zero-order valence-electron chi connectivity index (χ0n) is 10.9. The number of amides is 1. The average molecular weight is 260 g/mol. The van der Waals surface area contributed by atoms with Crippen molar-refractivity contribution in [2.45, 2.75) is 20.3 Å². The number of benzene rings is 1. The summed E-state index contributed by atoms with van der Waals surface area (Å²) in [6, 6.07) is 5.25. The van der Waals surface area contributed by atoms with Crippen LogP contribution in [0.25, 0.3) is 0 Å². The molecule has 1 aromatic heterocycles. The predicted octanol–water partition coefficient (Wildman–Crippen LogP) is 1.24. The van der Waals surface area contributed by atoms with Crippen LogP contribution in [0.4, 0.5) is 5.69 Å². The molecule has 2 aromatic rings. The van der Waals surface area contributed by atoms with Crippen LogP contribution < -0.4 is 11.1 Å². The zero-order valence-corrected chi connectivity index (χ0v) is 10.9. The van der Waals surface area contributed by atoms with E-state index >= 15 is 0 Å². The van der Waals surface area contributed by atoms with Gasteiger partial charge in [0.1, 0.15) is 0 Å². The topological polar surface area (TPSA) is 94.0 Å². The fraction of sp³-hybridized carbons (Fsp3) is 0.308. The van der Waals surface area contributed by atoms with Crippen molar-refractivity contribution in [1.82, 2.24) is 15.5 Å². The molecular weight excluding hydrogens is 244 g/mol. The number of anilines is 1. The molecular formula is C13H16N4O2. The smallest absolute Gasteiger partial charge is 0.251 e. The summed E-state index contributed by atoms with van der Waals surface area (Å²) in [5, 5.41) is 6.54. The molecule has 1 aromatic carbocycles. The second-order valence-electron chi connectivity index (χ2n) is 4.31. The Bertz CT molecular complexity index is 592. The van der Waals surface area contributed by atoms with Gasteiger partial charge < -0.3 is 15.6 Å².